The molecule has 1 aromatic carbocycles. The minimum Gasteiger partial charge on any atom is -0.369 e. The van der Waals surface area contributed by atoms with Crippen LogP contribution in [0.4, 0.5) is 5.69 Å². The fraction of sp³-hybridized carbons (Fsp3) is 0.417. The Labute approximate surface area is 106 Å². The number of benzene rings is 1. The molecule has 0 saturated carbocycles. The predicted molar refractivity (Wildman–Crippen MR) is 68.9 cm³/mol. The van der Waals surface area contributed by atoms with Crippen molar-refractivity contribution in [2.24, 2.45) is 5.92 Å². The second kappa shape index (κ2) is 5.98. The molecule has 4 heteroatoms. The van der Waals surface area contributed by atoms with Crippen molar-refractivity contribution in [3.63, 3.8) is 0 Å². The van der Waals surface area contributed by atoms with Crippen molar-refractivity contribution in [2.75, 3.05) is 5.32 Å². The second-order valence-corrected chi connectivity index (χ2v) is 4.84. The van der Waals surface area contributed by atoms with Crippen LogP contribution in [0, 0.1) is 17.2 Å². The SMILES string of the molecule is CC(C)CC(C#N)Nc1cccc(Cl)c1Cl. The predicted octanol–water partition coefficient (Wildman–Crippen LogP) is 4.34. The van der Waals surface area contributed by atoms with Gasteiger partial charge in [-0.2, -0.15) is 5.26 Å². The molecule has 0 aliphatic rings. The van der Waals surface area contributed by atoms with Crippen LogP contribution in [0.1, 0.15) is 20.3 Å². The Hall–Kier alpha value is -0.910. The summed E-state index contributed by atoms with van der Waals surface area (Å²) in [5, 5.41) is 13.1. The molecule has 0 fully saturated rings. The molecule has 2 nitrogen and oxygen atoms in total. The maximum atomic E-state index is 9.01. The summed E-state index contributed by atoms with van der Waals surface area (Å²) < 4.78 is 0. The van der Waals surface area contributed by atoms with E-state index in [2.05, 4.69) is 25.2 Å². The molecule has 16 heavy (non-hydrogen) atoms. The molecule has 1 atom stereocenters. The Kier molecular flexibility index (Phi) is 4.92. The maximum absolute atomic E-state index is 9.01. The van der Waals surface area contributed by atoms with Gasteiger partial charge in [0.05, 0.1) is 21.8 Å². The van der Waals surface area contributed by atoms with Crippen molar-refractivity contribution in [1.82, 2.24) is 0 Å². The van der Waals surface area contributed by atoms with E-state index < -0.39 is 0 Å². The van der Waals surface area contributed by atoms with E-state index in [1.54, 1.807) is 12.1 Å². The second-order valence-electron chi connectivity index (χ2n) is 4.06. The van der Waals surface area contributed by atoms with Crippen molar-refractivity contribution in [3.05, 3.63) is 28.2 Å². The highest BCUT2D eigenvalue weighted by molar-refractivity contribution is 6.43. The summed E-state index contributed by atoms with van der Waals surface area (Å²) in [6.45, 7) is 4.15. The van der Waals surface area contributed by atoms with E-state index in [9.17, 15) is 0 Å². The third-order valence-electron chi connectivity index (χ3n) is 2.14. The van der Waals surface area contributed by atoms with E-state index in [1.165, 1.54) is 0 Å². The number of hydrogen-bond donors (Lipinski definition) is 1. The molecule has 0 bridgehead atoms. The van der Waals surface area contributed by atoms with Crippen molar-refractivity contribution in [2.45, 2.75) is 26.3 Å². The van der Waals surface area contributed by atoms with Crippen LogP contribution in [0.5, 0.6) is 0 Å². The molecule has 0 aromatic heterocycles. The highest BCUT2D eigenvalue weighted by atomic mass is 35.5. The van der Waals surface area contributed by atoms with Gasteiger partial charge in [-0.15, -0.1) is 0 Å². The summed E-state index contributed by atoms with van der Waals surface area (Å²) >= 11 is 11.9. The fourth-order valence-electron chi connectivity index (χ4n) is 1.42. The quantitative estimate of drug-likeness (QED) is 0.870. The van der Waals surface area contributed by atoms with E-state index in [-0.39, 0.29) is 6.04 Å². The number of halogens is 2. The lowest BCUT2D eigenvalue weighted by Gasteiger charge is -2.16. The van der Waals surface area contributed by atoms with Crippen LogP contribution >= 0.6 is 23.2 Å². The van der Waals surface area contributed by atoms with Gasteiger partial charge in [-0.1, -0.05) is 43.1 Å². The minimum atomic E-state index is -0.240. The first-order valence-corrected chi connectivity index (χ1v) is 5.90. The van der Waals surface area contributed by atoms with Crippen LogP contribution in [-0.4, -0.2) is 6.04 Å². The third-order valence-corrected chi connectivity index (χ3v) is 2.96. The van der Waals surface area contributed by atoms with E-state index >= 15 is 0 Å². The average Bonchev–Trinajstić information content (AvgIpc) is 2.23. The maximum Gasteiger partial charge on any atom is 0.114 e. The molecule has 1 aromatic rings. The molecule has 1 unspecified atom stereocenters. The topological polar surface area (TPSA) is 35.8 Å². The molecule has 0 radical (unpaired) electrons. The smallest absolute Gasteiger partial charge is 0.114 e. The number of nitrogens with one attached hydrogen (secondary N) is 1. The Morgan fingerprint density at radius 3 is 2.62 bits per heavy atom. The van der Waals surface area contributed by atoms with Crippen molar-refractivity contribution < 1.29 is 0 Å². The number of hydrogen-bond acceptors (Lipinski definition) is 2. The minimum absolute atomic E-state index is 0.240. The molecule has 0 aliphatic heterocycles. The van der Waals surface area contributed by atoms with Crippen LogP contribution < -0.4 is 5.32 Å². The van der Waals surface area contributed by atoms with Gasteiger partial charge in [0.15, 0.2) is 0 Å². The molecule has 1 N–H and O–H groups in total. The van der Waals surface area contributed by atoms with Crippen LogP contribution in [-0.2, 0) is 0 Å². The summed E-state index contributed by atoms with van der Waals surface area (Å²) in [5.41, 5.74) is 0.710. The van der Waals surface area contributed by atoms with Gasteiger partial charge in [-0.3, -0.25) is 0 Å². The zero-order chi connectivity index (χ0) is 12.1. The summed E-state index contributed by atoms with van der Waals surface area (Å²) in [5.74, 6) is 0.454. The van der Waals surface area contributed by atoms with Crippen molar-refractivity contribution in [1.29, 1.82) is 5.26 Å². The van der Waals surface area contributed by atoms with E-state index in [1.807, 2.05) is 6.07 Å². The Morgan fingerprint density at radius 1 is 1.38 bits per heavy atom. The van der Waals surface area contributed by atoms with Crippen LogP contribution in [0.2, 0.25) is 10.0 Å². The average molecular weight is 257 g/mol. The van der Waals surface area contributed by atoms with Gasteiger partial charge < -0.3 is 5.32 Å². The molecule has 0 spiro atoms. The van der Waals surface area contributed by atoms with Crippen molar-refractivity contribution >= 4 is 28.9 Å². The standard InChI is InChI=1S/C12H14Cl2N2/c1-8(2)6-9(7-15)16-11-5-3-4-10(13)12(11)14/h3-5,8-9,16H,6H2,1-2H3. The van der Waals surface area contributed by atoms with Crippen molar-refractivity contribution in [3.8, 4) is 6.07 Å². The molecular formula is C12H14Cl2N2. The number of anilines is 1. The van der Waals surface area contributed by atoms with Gasteiger partial charge in [-0.25, -0.2) is 0 Å². The Balaban J connectivity index is 2.79. The summed E-state index contributed by atoms with van der Waals surface area (Å²) in [6, 6.07) is 7.32. The van der Waals surface area contributed by atoms with Gasteiger partial charge in [-0.05, 0) is 24.5 Å². The summed E-state index contributed by atoms with van der Waals surface area (Å²) in [4.78, 5) is 0. The highest BCUT2D eigenvalue weighted by Gasteiger charge is 2.12. The lowest BCUT2D eigenvalue weighted by Crippen LogP contribution is -2.19. The summed E-state index contributed by atoms with van der Waals surface area (Å²) in [6.07, 6.45) is 0.777. The van der Waals surface area contributed by atoms with Crippen LogP contribution in [0.15, 0.2) is 18.2 Å². The number of nitrogens with zero attached hydrogens (tertiary/aromatic N) is 1. The highest BCUT2D eigenvalue weighted by Crippen LogP contribution is 2.30. The Morgan fingerprint density at radius 2 is 2.06 bits per heavy atom. The van der Waals surface area contributed by atoms with Gasteiger partial charge in [0.2, 0.25) is 0 Å². The first-order chi connectivity index (χ1) is 7.54. The molecule has 0 heterocycles. The number of nitriles is 1. The van der Waals surface area contributed by atoms with E-state index in [0.29, 0.717) is 21.7 Å². The zero-order valence-electron chi connectivity index (χ0n) is 9.30. The first-order valence-electron chi connectivity index (χ1n) is 5.14. The molecule has 0 saturated heterocycles. The third kappa shape index (κ3) is 3.59. The lowest BCUT2D eigenvalue weighted by molar-refractivity contribution is 0.568. The number of rotatable bonds is 4. The molecule has 0 aliphatic carbocycles. The molecular weight excluding hydrogens is 243 g/mol. The van der Waals surface area contributed by atoms with Gasteiger partial charge in [0.25, 0.3) is 0 Å². The van der Waals surface area contributed by atoms with Gasteiger partial charge >= 0.3 is 0 Å². The lowest BCUT2D eigenvalue weighted by atomic mass is 10.0. The molecule has 0 amide bonds. The van der Waals surface area contributed by atoms with Crippen LogP contribution in [0.25, 0.3) is 0 Å². The normalized spacial score (nSPS) is 12.2. The fourth-order valence-corrected chi connectivity index (χ4v) is 1.77. The van der Waals surface area contributed by atoms with E-state index in [4.69, 9.17) is 28.5 Å². The molecule has 86 valence electrons. The van der Waals surface area contributed by atoms with Gasteiger partial charge in [0, 0.05) is 0 Å². The first kappa shape index (κ1) is 13.2. The van der Waals surface area contributed by atoms with Gasteiger partial charge in [0.1, 0.15) is 6.04 Å². The largest absolute Gasteiger partial charge is 0.369 e. The van der Waals surface area contributed by atoms with Crippen LogP contribution in [0.3, 0.4) is 0 Å². The Bertz CT molecular complexity index is 396. The molecule has 1 rings (SSSR count). The summed E-state index contributed by atoms with van der Waals surface area (Å²) in [7, 11) is 0. The monoisotopic (exact) mass is 256 g/mol. The van der Waals surface area contributed by atoms with E-state index in [0.717, 1.165) is 6.42 Å². The zero-order valence-corrected chi connectivity index (χ0v) is 10.8.